The molecule has 1 aromatic rings. The minimum absolute atomic E-state index is 0.158. The van der Waals surface area contributed by atoms with Gasteiger partial charge in [-0.15, -0.1) is 12.3 Å². The van der Waals surface area contributed by atoms with E-state index >= 15 is 0 Å². The number of amides is 2. The first-order valence-electron chi connectivity index (χ1n) is 9.11. The molecule has 1 saturated heterocycles. The number of likely N-dealkylation sites (tertiary alicyclic amines) is 1. The normalized spacial score (nSPS) is 20.2. The fourth-order valence-corrected chi connectivity index (χ4v) is 3.65. The molecule has 2 aliphatic rings. The SMILES string of the molecule is C#CCCC1(CCNC(=O)C2CCCCN2C(=O)c2c(Cl)cnn2C)N=N1. The lowest BCUT2D eigenvalue weighted by Crippen LogP contribution is -2.52. The highest BCUT2D eigenvalue weighted by molar-refractivity contribution is 6.33. The molecule has 2 aliphatic heterocycles. The van der Waals surface area contributed by atoms with E-state index < -0.39 is 11.7 Å². The molecule has 1 N–H and O–H groups in total. The van der Waals surface area contributed by atoms with Crippen LogP contribution in [0.5, 0.6) is 0 Å². The maximum atomic E-state index is 12.9. The predicted molar refractivity (Wildman–Crippen MR) is 100 cm³/mol. The van der Waals surface area contributed by atoms with Crippen LogP contribution in [0.2, 0.25) is 5.02 Å². The van der Waals surface area contributed by atoms with Crippen LogP contribution in [0.15, 0.2) is 16.4 Å². The van der Waals surface area contributed by atoms with Gasteiger partial charge in [0.15, 0.2) is 5.66 Å². The first-order chi connectivity index (χ1) is 13.0. The van der Waals surface area contributed by atoms with Crippen molar-refractivity contribution in [1.29, 1.82) is 0 Å². The summed E-state index contributed by atoms with van der Waals surface area (Å²) >= 11 is 6.10. The fourth-order valence-electron chi connectivity index (χ4n) is 3.41. The van der Waals surface area contributed by atoms with Crippen molar-refractivity contribution in [1.82, 2.24) is 20.0 Å². The number of carbonyl (C=O) groups is 2. The summed E-state index contributed by atoms with van der Waals surface area (Å²) < 4.78 is 1.44. The lowest BCUT2D eigenvalue weighted by Gasteiger charge is -2.34. The van der Waals surface area contributed by atoms with E-state index in [9.17, 15) is 9.59 Å². The summed E-state index contributed by atoms with van der Waals surface area (Å²) in [6, 6.07) is -0.507. The van der Waals surface area contributed by atoms with E-state index in [1.54, 1.807) is 11.9 Å². The predicted octanol–water partition coefficient (Wildman–Crippen LogP) is 2.15. The molecule has 0 saturated carbocycles. The van der Waals surface area contributed by atoms with Gasteiger partial charge in [-0.2, -0.15) is 15.3 Å². The number of nitrogens with one attached hydrogen (secondary N) is 1. The Kier molecular flexibility index (Phi) is 5.80. The van der Waals surface area contributed by atoms with Crippen LogP contribution < -0.4 is 5.32 Å². The maximum Gasteiger partial charge on any atom is 0.274 e. The zero-order chi connectivity index (χ0) is 19.4. The highest BCUT2D eigenvalue weighted by Gasteiger charge is 2.39. The number of terminal acetylenes is 1. The average molecular weight is 391 g/mol. The Hall–Kier alpha value is -2.40. The third-order valence-corrected chi connectivity index (χ3v) is 5.32. The first-order valence-corrected chi connectivity index (χ1v) is 9.49. The molecule has 8 nitrogen and oxygen atoms in total. The second kappa shape index (κ2) is 8.09. The van der Waals surface area contributed by atoms with Gasteiger partial charge in [0.1, 0.15) is 11.7 Å². The number of rotatable bonds is 7. The molecule has 0 radical (unpaired) electrons. The number of aromatic nitrogens is 2. The summed E-state index contributed by atoms with van der Waals surface area (Å²) in [7, 11) is 1.66. The van der Waals surface area contributed by atoms with E-state index in [1.807, 2.05) is 0 Å². The molecule has 2 amide bonds. The van der Waals surface area contributed by atoms with E-state index in [1.165, 1.54) is 10.9 Å². The fraction of sp³-hybridized carbons (Fsp3) is 0.611. The van der Waals surface area contributed by atoms with Crippen LogP contribution in [0.25, 0.3) is 0 Å². The van der Waals surface area contributed by atoms with Crippen molar-refractivity contribution in [3.8, 4) is 12.3 Å². The Bertz CT molecular complexity index is 771. The van der Waals surface area contributed by atoms with E-state index in [4.69, 9.17) is 18.0 Å². The Morgan fingerprint density at radius 3 is 2.81 bits per heavy atom. The van der Waals surface area contributed by atoms with Crippen molar-refractivity contribution in [2.75, 3.05) is 13.1 Å². The molecule has 1 unspecified atom stereocenters. The highest BCUT2D eigenvalue weighted by Crippen LogP contribution is 2.36. The molecular formula is C18H23ClN6O2. The third-order valence-electron chi connectivity index (χ3n) is 5.04. The number of hydrogen-bond donors (Lipinski definition) is 1. The Morgan fingerprint density at radius 1 is 1.41 bits per heavy atom. The van der Waals surface area contributed by atoms with Crippen LogP contribution in [0.1, 0.15) is 49.0 Å². The molecule has 1 fully saturated rings. The van der Waals surface area contributed by atoms with E-state index in [-0.39, 0.29) is 11.8 Å². The number of carbonyl (C=O) groups excluding carboxylic acids is 2. The number of halogens is 1. The van der Waals surface area contributed by atoms with Gasteiger partial charge in [-0.05, 0) is 19.3 Å². The molecule has 144 valence electrons. The van der Waals surface area contributed by atoms with Crippen molar-refractivity contribution in [2.45, 2.75) is 50.2 Å². The van der Waals surface area contributed by atoms with E-state index in [0.29, 0.717) is 49.5 Å². The smallest absolute Gasteiger partial charge is 0.274 e. The minimum Gasteiger partial charge on any atom is -0.354 e. The molecule has 3 rings (SSSR count). The van der Waals surface area contributed by atoms with Crippen LogP contribution in [0.4, 0.5) is 0 Å². The summed E-state index contributed by atoms with van der Waals surface area (Å²) in [6.45, 7) is 0.969. The molecule has 9 heteroatoms. The van der Waals surface area contributed by atoms with E-state index in [2.05, 4.69) is 26.6 Å². The summed E-state index contributed by atoms with van der Waals surface area (Å²) in [6.07, 6.45) is 11.0. The topological polar surface area (TPSA) is 92.0 Å². The minimum atomic E-state index is -0.507. The Labute approximate surface area is 163 Å². The molecule has 3 heterocycles. The summed E-state index contributed by atoms with van der Waals surface area (Å²) in [5.41, 5.74) is -0.121. The number of nitrogens with zero attached hydrogens (tertiary/aromatic N) is 5. The van der Waals surface area contributed by atoms with Gasteiger partial charge >= 0.3 is 0 Å². The lowest BCUT2D eigenvalue weighted by atomic mass is 10.00. The average Bonchev–Trinajstić information content (AvgIpc) is 3.36. The zero-order valence-corrected chi connectivity index (χ0v) is 16.1. The van der Waals surface area contributed by atoms with Gasteiger partial charge in [-0.1, -0.05) is 11.6 Å². The number of piperidine rings is 1. The molecule has 27 heavy (non-hydrogen) atoms. The quantitative estimate of drug-likeness (QED) is 0.723. The zero-order valence-electron chi connectivity index (χ0n) is 15.3. The molecule has 0 aliphatic carbocycles. The summed E-state index contributed by atoms with van der Waals surface area (Å²) in [5, 5.41) is 15.4. The van der Waals surface area contributed by atoms with Crippen molar-refractivity contribution >= 4 is 23.4 Å². The first kappa shape index (κ1) is 19.4. The van der Waals surface area contributed by atoms with Gasteiger partial charge in [0, 0.05) is 39.4 Å². The maximum absolute atomic E-state index is 12.9. The summed E-state index contributed by atoms with van der Waals surface area (Å²) in [5.74, 6) is 2.16. The van der Waals surface area contributed by atoms with Gasteiger partial charge < -0.3 is 10.2 Å². The largest absolute Gasteiger partial charge is 0.354 e. The van der Waals surface area contributed by atoms with Crippen LogP contribution in [0, 0.1) is 12.3 Å². The monoisotopic (exact) mass is 390 g/mol. The van der Waals surface area contributed by atoms with Crippen molar-refractivity contribution in [3.05, 3.63) is 16.9 Å². The highest BCUT2D eigenvalue weighted by atomic mass is 35.5. The van der Waals surface area contributed by atoms with E-state index in [0.717, 1.165) is 12.8 Å². The van der Waals surface area contributed by atoms with Crippen molar-refractivity contribution in [3.63, 3.8) is 0 Å². The van der Waals surface area contributed by atoms with Crippen molar-refractivity contribution in [2.24, 2.45) is 17.3 Å². The Morgan fingerprint density at radius 2 is 2.19 bits per heavy atom. The second-order valence-corrected chi connectivity index (χ2v) is 7.31. The molecule has 0 aromatic carbocycles. The standard InChI is InChI=1S/C18H23ClN6O2/c1-3-4-8-18(22-23-18)9-10-20-16(26)14-7-5-6-11-25(14)17(27)15-13(19)12-21-24(15)2/h1,12,14H,4-11H2,2H3,(H,20,26). The van der Waals surface area contributed by atoms with Crippen LogP contribution >= 0.6 is 11.6 Å². The molecule has 0 bridgehead atoms. The summed E-state index contributed by atoms with van der Waals surface area (Å²) in [4.78, 5) is 27.2. The van der Waals surface area contributed by atoms with Gasteiger partial charge in [0.2, 0.25) is 5.91 Å². The molecular weight excluding hydrogens is 368 g/mol. The molecule has 1 atom stereocenters. The Balaban J connectivity index is 1.59. The number of hydrogen-bond acceptors (Lipinski definition) is 5. The third kappa shape index (κ3) is 4.30. The van der Waals surface area contributed by atoms with Crippen molar-refractivity contribution < 1.29 is 9.59 Å². The van der Waals surface area contributed by atoms with Gasteiger partial charge in [-0.25, -0.2) is 0 Å². The van der Waals surface area contributed by atoms with Crippen LogP contribution in [-0.2, 0) is 11.8 Å². The molecule has 1 aromatic heterocycles. The van der Waals surface area contributed by atoms with Crippen LogP contribution in [-0.4, -0.2) is 51.3 Å². The lowest BCUT2D eigenvalue weighted by molar-refractivity contribution is -0.126. The second-order valence-electron chi connectivity index (χ2n) is 6.90. The van der Waals surface area contributed by atoms with Gasteiger partial charge in [0.25, 0.3) is 5.91 Å². The van der Waals surface area contributed by atoms with Gasteiger partial charge in [0.05, 0.1) is 11.2 Å². The van der Waals surface area contributed by atoms with Crippen LogP contribution in [0.3, 0.4) is 0 Å². The number of aryl methyl sites for hydroxylation is 1. The molecule has 0 spiro atoms. The van der Waals surface area contributed by atoms with Gasteiger partial charge in [-0.3, -0.25) is 14.3 Å².